The number of carbonyl (C=O) groups is 1. The molecule has 1 saturated carbocycles. The highest BCUT2D eigenvalue weighted by molar-refractivity contribution is 9.11. The fourth-order valence-electron chi connectivity index (χ4n) is 3.87. The molecule has 138 valence electrons. The van der Waals surface area contributed by atoms with Gasteiger partial charge in [-0.25, -0.2) is 4.79 Å². The lowest BCUT2D eigenvalue weighted by Crippen LogP contribution is -2.46. The summed E-state index contributed by atoms with van der Waals surface area (Å²) in [5.41, 5.74) is 0. The molecule has 0 spiro atoms. The monoisotopic (exact) mass is 416 g/mol. The molecule has 2 atom stereocenters. The van der Waals surface area contributed by atoms with Crippen molar-refractivity contribution in [3.05, 3.63) is 9.68 Å². The van der Waals surface area contributed by atoms with Crippen LogP contribution in [0.25, 0.3) is 0 Å². The van der Waals surface area contributed by atoms with E-state index in [1.54, 1.807) is 0 Å². The van der Waals surface area contributed by atoms with E-state index < -0.39 is 14.2 Å². The van der Waals surface area contributed by atoms with Gasteiger partial charge in [0.05, 0.1) is 20.8 Å². The number of hydrogen-bond acceptors (Lipinski definition) is 3. The number of esters is 1. The molecule has 24 heavy (non-hydrogen) atoms. The second-order valence-corrected chi connectivity index (χ2v) is 14.2. The first kappa shape index (κ1) is 20.2. The van der Waals surface area contributed by atoms with Crippen LogP contribution in [-0.4, -0.2) is 32.9 Å². The van der Waals surface area contributed by atoms with E-state index in [9.17, 15) is 4.79 Å². The van der Waals surface area contributed by atoms with Gasteiger partial charge in [-0.2, -0.15) is 0 Å². The smallest absolute Gasteiger partial charge is 0.339 e. The normalized spacial score (nSPS) is 26.5. The molecule has 0 aromatic rings. The third-order valence-electron chi connectivity index (χ3n) is 5.19. The van der Waals surface area contributed by atoms with Crippen LogP contribution in [0.1, 0.15) is 58.3 Å². The van der Waals surface area contributed by atoms with Crippen LogP contribution in [0.2, 0.25) is 19.6 Å². The van der Waals surface area contributed by atoms with Gasteiger partial charge in [-0.15, -0.1) is 0 Å². The summed E-state index contributed by atoms with van der Waals surface area (Å²) in [5.74, 6) is 0.402. The van der Waals surface area contributed by atoms with E-state index in [1.807, 2.05) is 0 Å². The standard InChI is InChI=1S/C19H33BrO3Si/c1-5-6-12-22-19(21)17-18(24(2,3)4)15(20)13-16(23-17)14-10-8-7-9-11-14/h14,16-17H,5-13H2,1-4H3/t16-,17-/m0/s1. The molecule has 0 bridgehead atoms. The van der Waals surface area contributed by atoms with Crippen molar-refractivity contribution in [3.63, 3.8) is 0 Å². The van der Waals surface area contributed by atoms with Crippen molar-refractivity contribution < 1.29 is 14.3 Å². The van der Waals surface area contributed by atoms with Gasteiger partial charge < -0.3 is 9.47 Å². The Labute approximate surface area is 156 Å². The first-order chi connectivity index (χ1) is 11.3. The molecular formula is C19H33BrO3Si. The van der Waals surface area contributed by atoms with Crippen LogP contribution < -0.4 is 0 Å². The topological polar surface area (TPSA) is 35.5 Å². The van der Waals surface area contributed by atoms with Gasteiger partial charge in [-0.05, 0) is 34.9 Å². The van der Waals surface area contributed by atoms with Crippen LogP contribution in [0.3, 0.4) is 0 Å². The van der Waals surface area contributed by atoms with Crippen molar-refractivity contribution in [1.29, 1.82) is 0 Å². The summed E-state index contributed by atoms with van der Waals surface area (Å²) in [6.45, 7) is 9.44. The molecule has 1 fully saturated rings. The Bertz CT molecular complexity index is 464. The highest BCUT2D eigenvalue weighted by Gasteiger charge is 2.42. The van der Waals surface area contributed by atoms with Gasteiger partial charge in [-0.1, -0.05) is 68.2 Å². The molecule has 1 aliphatic heterocycles. The van der Waals surface area contributed by atoms with Crippen LogP contribution in [0, 0.1) is 5.92 Å². The lowest BCUT2D eigenvalue weighted by atomic mass is 9.83. The number of rotatable bonds is 6. The van der Waals surface area contributed by atoms with Gasteiger partial charge in [0.15, 0.2) is 6.10 Å². The zero-order valence-electron chi connectivity index (χ0n) is 15.7. The summed E-state index contributed by atoms with van der Waals surface area (Å²) in [6, 6.07) is 0. The summed E-state index contributed by atoms with van der Waals surface area (Å²) < 4.78 is 13.1. The zero-order valence-corrected chi connectivity index (χ0v) is 18.3. The molecule has 5 heteroatoms. The van der Waals surface area contributed by atoms with Gasteiger partial charge in [0.25, 0.3) is 0 Å². The van der Waals surface area contributed by atoms with E-state index in [0.29, 0.717) is 12.5 Å². The molecule has 0 aromatic heterocycles. The molecular weight excluding hydrogens is 384 g/mol. The first-order valence-corrected chi connectivity index (χ1v) is 13.8. The lowest BCUT2D eigenvalue weighted by molar-refractivity contribution is -0.161. The summed E-state index contributed by atoms with van der Waals surface area (Å²) >= 11 is 3.81. The zero-order chi connectivity index (χ0) is 17.7. The second kappa shape index (κ2) is 8.99. The van der Waals surface area contributed by atoms with E-state index in [-0.39, 0.29) is 12.1 Å². The van der Waals surface area contributed by atoms with Gasteiger partial charge in [0, 0.05) is 6.42 Å². The molecule has 0 amide bonds. The predicted molar refractivity (Wildman–Crippen MR) is 105 cm³/mol. The molecule has 2 aliphatic rings. The van der Waals surface area contributed by atoms with Crippen LogP contribution in [-0.2, 0) is 14.3 Å². The lowest BCUT2D eigenvalue weighted by Gasteiger charge is -2.40. The van der Waals surface area contributed by atoms with Gasteiger partial charge in [0.1, 0.15) is 0 Å². The Morgan fingerprint density at radius 2 is 1.92 bits per heavy atom. The third-order valence-corrected chi connectivity index (χ3v) is 8.48. The number of unbranched alkanes of at least 4 members (excludes halogenated alkanes) is 1. The molecule has 0 radical (unpaired) electrons. The predicted octanol–water partition coefficient (Wildman–Crippen LogP) is 5.59. The average Bonchev–Trinajstić information content (AvgIpc) is 2.53. The summed E-state index contributed by atoms with van der Waals surface area (Å²) in [7, 11) is -1.66. The van der Waals surface area contributed by atoms with Gasteiger partial charge in [0.2, 0.25) is 0 Å². The first-order valence-electron chi connectivity index (χ1n) is 9.55. The molecule has 0 aromatic carbocycles. The maximum Gasteiger partial charge on any atom is 0.339 e. The van der Waals surface area contributed by atoms with E-state index in [0.717, 1.165) is 19.3 Å². The highest BCUT2D eigenvalue weighted by Crippen LogP contribution is 2.41. The van der Waals surface area contributed by atoms with Crippen molar-refractivity contribution in [2.75, 3.05) is 6.61 Å². The van der Waals surface area contributed by atoms with Crippen molar-refractivity contribution in [3.8, 4) is 0 Å². The molecule has 0 unspecified atom stereocenters. The molecule has 3 nitrogen and oxygen atoms in total. The Hall–Kier alpha value is -0.133. The van der Waals surface area contributed by atoms with Crippen LogP contribution in [0.15, 0.2) is 9.68 Å². The minimum Gasteiger partial charge on any atom is -0.464 e. The van der Waals surface area contributed by atoms with Crippen LogP contribution in [0.4, 0.5) is 0 Å². The van der Waals surface area contributed by atoms with Crippen molar-refractivity contribution in [2.45, 2.75) is 90.1 Å². The molecule has 1 heterocycles. The summed E-state index contributed by atoms with van der Waals surface area (Å²) in [4.78, 5) is 12.7. The minimum absolute atomic E-state index is 0.156. The fraction of sp³-hybridized carbons (Fsp3) is 0.842. The van der Waals surface area contributed by atoms with Crippen LogP contribution in [0.5, 0.6) is 0 Å². The molecule has 1 aliphatic carbocycles. The Kier molecular flexibility index (Phi) is 7.56. The minimum atomic E-state index is -1.66. The van der Waals surface area contributed by atoms with Crippen LogP contribution >= 0.6 is 15.9 Å². The average molecular weight is 417 g/mol. The Morgan fingerprint density at radius 1 is 1.25 bits per heavy atom. The van der Waals surface area contributed by atoms with Crippen molar-refractivity contribution in [1.82, 2.24) is 0 Å². The molecule has 2 rings (SSSR count). The SMILES string of the molecule is CCCCOC(=O)[C@H]1O[C@H](C2CCCCC2)CC(Br)=C1[Si](C)(C)C. The molecule has 0 saturated heterocycles. The largest absolute Gasteiger partial charge is 0.464 e. The third kappa shape index (κ3) is 5.18. The van der Waals surface area contributed by atoms with E-state index in [4.69, 9.17) is 9.47 Å². The van der Waals surface area contributed by atoms with Gasteiger partial charge in [-0.3, -0.25) is 0 Å². The quantitative estimate of drug-likeness (QED) is 0.321. The number of ether oxygens (including phenoxy) is 2. The van der Waals surface area contributed by atoms with Crippen molar-refractivity contribution >= 4 is 30.0 Å². The number of carbonyl (C=O) groups excluding carboxylic acids is 1. The highest BCUT2D eigenvalue weighted by atomic mass is 79.9. The Morgan fingerprint density at radius 3 is 2.50 bits per heavy atom. The number of halogens is 1. The van der Waals surface area contributed by atoms with E-state index in [2.05, 4.69) is 42.5 Å². The maximum atomic E-state index is 12.7. The fourth-order valence-corrected chi connectivity index (χ4v) is 8.07. The Balaban J connectivity index is 2.18. The second-order valence-electron chi connectivity index (χ2n) is 8.25. The van der Waals surface area contributed by atoms with Gasteiger partial charge >= 0.3 is 5.97 Å². The summed E-state index contributed by atoms with van der Waals surface area (Å²) in [5, 5.41) is 1.19. The molecule has 0 N–H and O–H groups in total. The van der Waals surface area contributed by atoms with Crippen molar-refractivity contribution in [2.24, 2.45) is 5.92 Å². The van der Waals surface area contributed by atoms with E-state index in [1.165, 1.54) is 41.8 Å². The summed E-state index contributed by atoms with van der Waals surface area (Å²) in [6.07, 6.45) is 8.90. The number of hydrogen-bond donors (Lipinski definition) is 0. The maximum absolute atomic E-state index is 12.7. The van der Waals surface area contributed by atoms with E-state index >= 15 is 0 Å².